The quantitative estimate of drug-likeness (QED) is 0.0763. The Morgan fingerprint density at radius 2 is 0.925 bits per heavy atom. The van der Waals surface area contributed by atoms with Gasteiger partial charge in [0.15, 0.2) is 21.9 Å². The van der Waals surface area contributed by atoms with Gasteiger partial charge in [-0.15, -0.1) is 4.52 Å². The first-order valence-electron chi connectivity index (χ1n) is 17.1. The van der Waals surface area contributed by atoms with Crippen LogP contribution in [0.2, 0.25) is 0 Å². The molecule has 0 aliphatic carbocycles. The number of para-hydroxylation sites is 6. The number of unbranched alkanes of at least 4 members (excludes halogenated alkanes) is 1. The van der Waals surface area contributed by atoms with E-state index in [0.717, 1.165) is 0 Å². The summed E-state index contributed by atoms with van der Waals surface area (Å²) in [5.41, 5.74) is 0. The zero-order valence-electron chi connectivity index (χ0n) is 28.7. The molecule has 0 fully saturated rings. The third-order valence-electron chi connectivity index (χ3n) is 7.66. The SMILES string of the molecule is OCCCC[P+]1(Oc2ccccc2)N(Oc2ccccc2)P(Oc2ccccc2)N=P(Oc2ccccc2)(Oc2ccccc2)N1Oc1ccccc1. The summed E-state index contributed by atoms with van der Waals surface area (Å²) in [6, 6.07) is 56.6. The molecule has 2 atom stereocenters. The summed E-state index contributed by atoms with van der Waals surface area (Å²) in [4.78, 5) is 13.9. The molecule has 0 radical (unpaired) electrons. The van der Waals surface area contributed by atoms with E-state index in [1.54, 1.807) is 9.21 Å². The Bertz CT molecular complexity index is 2000. The third-order valence-corrected chi connectivity index (χ3v) is 16.8. The Morgan fingerprint density at radius 1 is 0.509 bits per heavy atom. The molecule has 0 spiro atoms. The Morgan fingerprint density at radius 3 is 1.40 bits per heavy atom. The van der Waals surface area contributed by atoms with Gasteiger partial charge in [-0.25, -0.2) is 0 Å². The van der Waals surface area contributed by atoms with Crippen LogP contribution in [0.5, 0.6) is 34.5 Å². The number of nitrogens with zero attached hydrogens (tertiary/aromatic N) is 3. The molecule has 1 aliphatic rings. The van der Waals surface area contributed by atoms with Gasteiger partial charge in [-0.05, 0) is 85.6 Å². The van der Waals surface area contributed by atoms with Crippen molar-refractivity contribution in [2.24, 2.45) is 4.52 Å². The Kier molecular flexibility index (Phi) is 12.2. The van der Waals surface area contributed by atoms with Gasteiger partial charge in [-0.1, -0.05) is 109 Å². The molecule has 6 aromatic rings. The van der Waals surface area contributed by atoms with Crippen LogP contribution in [0.15, 0.2) is 187 Å². The van der Waals surface area contributed by atoms with Crippen molar-refractivity contribution in [3.8, 4) is 34.5 Å². The second kappa shape index (κ2) is 17.7. The van der Waals surface area contributed by atoms with Crippen molar-refractivity contribution in [3.05, 3.63) is 182 Å². The standard InChI is InChI=1S/C40H39N3O7P3/c44-33-19-20-34-52(48-38-27-13-4-14-28-38)42(45-35-21-7-1-8-22-35)51(47-37-25-11-3-12-26-37)41-53(49-39-29-15-5-16-30-39,50-40-31-17-6-18-32-40)43(52)46-36-23-9-2-10-24-36/h1-18,21-32,44H,19-20,33-34H2/q+1. The molecule has 1 N–H and O–H groups in total. The van der Waals surface area contributed by atoms with Crippen molar-refractivity contribution < 1.29 is 32.9 Å². The minimum atomic E-state index is -3.87. The van der Waals surface area contributed by atoms with E-state index in [-0.39, 0.29) is 6.61 Å². The van der Waals surface area contributed by atoms with E-state index in [2.05, 4.69) is 0 Å². The molecule has 0 saturated carbocycles. The van der Waals surface area contributed by atoms with Gasteiger partial charge in [0, 0.05) is 6.61 Å². The molecular weight excluding hydrogens is 727 g/mol. The van der Waals surface area contributed by atoms with Crippen LogP contribution in [0, 0.1) is 0 Å². The summed E-state index contributed by atoms with van der Waals surface area (Å²) in [7, 11) is -9.58. The van der Waals surface area contributed by atoms with Crippen molar-refractivity contribution in [2.75, 3.05) is 12.8 Å². The Hall–Kier alpha value is -4.91. The molecule has 0 aromatic heterocycles. The van der Waals surface area contributed by atoms with E-state index < -0.39 is 23.9 Å². The molecule has 0 bridgehead atoms. The van der Waals surface area contributed by atoms with E-state index >= 15 is 0 Å². The maximum Gasteiger partial charge on any atom is 0.478 e. The number of aliphatic hydroxyl groups is 1. The maximum atomic E-state index is 10.1. The summed E-state index contributed by atoms with van der Waals surface area (Å²) in [6.07, 6.45) is 1.33. The molecule has 270 valence electrons. The average molecular weight is 767 g/mol. The second-order valence-electron chi connectivity index (χ2n) is 11.6. The van der Waals surface area contributed by atoms with Crippen LogP contribution in [0.25, 0.3) is 0 Å². The van der Waals surface area contributed by atoms with Crippen molar-refractivity contribution in [1.29, 1.82) is 0 Å². The number of hydrogen-bond acceptors (Lipinski definition) is 10. The van der Waals surface area contributed by atoms with Gasteiger partial charge in [0.25, 0.3) is 0 Å². The fourth-order valence-electron chi connectivity index (χ4n) is 5.25. The summed E-state index contributed by atoms with van der Waals surface area (Å²) < 4.78 is 37.2. The third kappa shape index (κ3) is 9.01. The van der Waals surface area contributed by atoms with E-state index in [1.807, 2.05) is 182 Å². The van der Waals surface area contributed by atoms with E-state index in [9.17, 15) is 5.11 Å². The summed E-state index contributed by atoms with van der Waals surface area (Å²) in [6.45, 7) is -0.0224. The molecule has 10 nitrogen and oxygen atoms in total. The van der Waals surface area contributed by atoms with Gasteiger partial charge in [0.2, 0.25) is 0 Å². The zero-order chi connectivity index (χ0) is 36.2. The normalized spacial score (nSPS) is 18.2. The lowest BCUT2D eigenvalue weighted by atomic mass is 10.3. The van der Waals surface area contributed by atoms with Crippen LogP contribution >= 0.6 is 23.9 Å². The van der Waals surface area contributed by atoms with Crippen molar-refractivity contribution in [2.45, 2.75) is 12.8 Å². The Balaban J connectivity index is 1.55. The molecule has 0 amide bonds. The summed E-state index contributed by atoms with van der Waals surface area (Å²) in [5, 5.41) is 10.1. The smallest absolute Gasteiger partial charge is 0.435 e. The first kappa shape index (κ1) is 36.4. The zero-order valence-corrected chi connectivity index (χ0v) is 31.4. The van der Waals surface area contributed by atoms with Gasteiger partial charge in [0.1, 0.15) is 28.0 Å². The first-order chi connectivity index (χ1) is 26.2. The van der Waals surface area contributed by atoms with Crippen LogP contribution in [0.1, 0.15) is 12.8 Å². The molecule has 6 aromatic carbocycles. The molecule has 13 heteroatoms. The maximum absolute atomic E-state index is 10.1. The minimum Gasteiger partial charge on any atom is -0.435 e. The van der Waals surface area contributed by atoms with Gasteiger partial charge in [-0.3, -0.25) is 0 Å². The molecule has 0 saturated heterocycles. The van der Waals surface area contributed by atoms with Crippen LogP contribution in [-0.2, 0) is 0 Å². The fraction of sp³-hybridized carbons (Fsp3) is 0.100. The molecule has 1 aliphatic heterocycles. The monoisotopic (exact) mass is 766 g/mol. The minimum absolute atomic E-state index is 0.0224. The van der Waals surface area contributed by atoms with Crippen LogP contribution in [-0.4, -0.2) is 27.1 Å². The Labute approximate surface area is 311 Å². The van der Waals surface area contributed by atoms with Gasteiger partial charge in [-0.2, -0.15) is 0 Å². The topological polar surface area (TPSA) is 94.5 Å². The molecule has 2 unspecified atom stereocenters. The molecule has 1 heterocycles. The lowest BCUT2D eigenvalue weighted by molar-refractivity contribution is 0.0441. The lowest BCUT2D eigenvalue weighted by Gasteiger charge is -2.44. The van der Waals surface area contributed by atoms with Gasteiger partial charge >= 0.3 is 23.9 Å². The van der Waals surface area contributed by atoms with E-state index in [0.29, 0.717) is 53.5 Å². The highest BCUT2D eigenvalue weighted by molar-refractivity contribution is 7.86. The van der Waals surface area contributed by atoms with Gasteiger partial charge in [0.05, 0.1) is 0 Å². The highest BCUT2D eigenvalue weighted by atomic mass is 31.3. The van der Waals surface area contributed by atoms with Crippen LogP contribution < -0.4 is 27.8 Å². The van der Waals surface area contributed by atoms with Gasteiger partial charge < -0.3 is 32.9 Å². The molecule has 53 heavy (non-hydrogen) atoms. The lowest BCUT2D eigenvalue weighted by Crippen LogP contribution is -2.44. The summed E-state index contributed by atoms with van der Waals surface area (Å²) in [5.74, 6) is 3.16. The largest absolute Gasteiger partial charge is 0.478 e. The predicted molar refractivity (Wildman–Crippen MR) is 210 cm³/mol. The van der Waals surface area contributed by atoms with Crippen molar-refractivity contribution in [3.63, 3.8) is 0 Å². The van der Waals surface area contributed by atoms with E-state index in [4.69, 9.17) is 32.3 Å². The van der Waals surface area contributed by atoms with Crippen LogP contribution in [0.3, 0.4) is 0 Å². The molecule has 7 rings (SSSR count). The van der Waals surface area contributed by atoms with E-state index in [1.165, 1.54) is 0 Å². The predicted octanol–water partition coefficient (Wildman–Crippen LogP) is 11.6. The van der Waals surface area contributed by atoms with Crippen LogP contribution in [0.4, 0.5) is 0 Å². The highest BCUT2D eigenvalue weighted by Gasteiger charge is 2.75. The number of hydrogen-bond donors (Lipinski definition) is 1. The first-order valence-corrected chi connectivity index (χ1v) is 21.6. The summed E-state index contributed by atoms with van der Waals surface area (Å²) >= 11 is 0. The van der Waals surface area contributed by atoms with Crippen molar-refractivity contribution >= 4 is 23.9 Å². The highest BCUT2D eigenvalue weighted by Crippen LogP contribution is 2.86. The average Bonchev–Trinajstić information content (AvgIpc) is 3.20. The number of rotatable bonds is 16. The number of aliphatic hydroxyl groups excluding tert-OH is 1. The second-order valence-corrected chi connectivity index (χ2v) is 18.4. The number of benzene rings is 6. The van der Waals surface area contributed by atoms with Crippen molar-refractivity contribution in [1.82, 2.24) is 9.21 Å². The fourth-order valence-corrected chi connectivity index (χ4v) is 15.7. The molecular formula is C40H39N3O7P3+.